The second-order valence-electron chi connectivity index (χ2n) is 10.3. The number of nitrogens with one attached hydrogen (secondary N) is 3. The monoisotopic (exact) mass is 513 g/mol. The van der Waals surface area contributed by atoms with E-state index in [1.165, 1.54) is 17.7 Å². The van der Waals surface area contributed by atoms with E-state index in [2.05, 4.69) is 54.3 Å². The van der Waals surface area contributed by atoms with Crippen LogP contribution in [0.25, 0.3) is 22.3 Å². The van der Waals surface area contributed by atoms with E-state index in [0.717, 1.165) is 60.3 Å². The number of fused-ring (bicyclic) bond motifs is 2. The molecule has 2 aliphatic rings. The number of aromatic amines is 2. The molecule has 1 saturated heterocycles. The number of H-pyrrole nitrogens is 2. The molecule has 9 heteroatoms. The number of amides is 1. The summed E-state index contributed by atoms with van der Waals surface area (Å²) in [5.74, 6) is 0.0962. The standard InChI is InChI=1S/C24H31N5O.3ClH/c1-23(2)8-7-17-20(13-23)27-28-21(17)19-11-15-5-6-16(12-18(15)26-19)22(30)29-10-9-25-14-24(29,3)4;;;/h5-6,11-12,25-26H,7-10,13-14H2,1-4H3,(H,27,28);3*1H. The first kappa shape index (κ1) is 27.5. The highest BCUT2D eigenvalue weighted by Crippen LogP contribution is 2.38. The molecule has 0 unspecified atom stereocenters. The zero-order chi connectivity index (χ0) is 21.1. The lowest BCUT2D eigenvalue weighted by Crippen LogP contribution is -2.59. The maximum Gasteiger partial charge on any atom is 0.254 e. The molecule has 0 bridgehead atoms. The summed E-state index contributed by atoms with van der Waals surface area (Å²) in [7, 11) is 0. The number of carbonyl (C=O) groups is 1. The molecule has 0 atom stereocenters. The molecule has 1 fully saturated rings. The second-order valence-corrected chi connectivity index (χ2v) is 10.3. The van der Waals surface area contributed by atoms with Gasteiger partial charge in [0.15, 0.2) is 0 Å². The van der Waals surface area contributed by atoms with Crippen molar-refractivity contribution < 1.29 is 4.79 Å². The Hall–Kier alpha value is -1.73. The maximum absolute atomic E-state index is 13.2. The third-order valence-electron chi connectivity index (χ3n) is 6.83. The fourth-order valence-electron chi connectivity index (χ4n) is 4.97. The van der Waals surface area contributed by atoms with Gasteiger partial charge in [-0.05, 0) is 56.7 Å². The number of piperazine rings is 1. The summed E-state index contributed by atoms with van der Waals surface area (Å²) in [6.45, 7) is 11.2. The number of rotatable bonds is 2. The van der Waals surface area contributed by atoms with Gasteiger partial charge < -0.3 is 15.2 Å². The maximum atomic E-state index is 13.2. The normalized spacial score (nSPS) is 18.5. The lowest BCUT2D eigenvalue weighted by Gasteiger charge is -2.42. The minimum atomic E-state index is -0.187. The summed E-state index contributed by atoms with van der Waals surface area (Å²) < 4.78 is 0. The van der Waals surface area contributed by atoms with Crippen LogP contribution >= 0.6 is 37.2 Å². The van der Waals surface area contributed by atoms with Crippen molar-refractivity contribution in [2.24, 2.45) is 5.41 Å². The largest absolute Gasteiger partial charge is 0.353 e. The number of nitrogens with zero attached hydrogens (tertiary/aromatic N) is 2. The van der Waals surface area contributed by atoms with Crippen molar-refractivity contribution in [2.45, 2.75) is 52.5 Å². The number of hydrogen-bond donors (Lipinski definition) is 3. The quantitative estimate of drug-likeness (QED) is 0.442. The van der Waals surface area contributed by atoms with Gasteiger partial charge in [-0.1, -0.05) is 19.9 Å². The average molecular weight is 515 g/mol. The molecule has 1 amide bonds. The third kappa shape index (κ3) is 5.04. The second kappa shape index (κ2) is 9.87. The van der Waals surface area contributed by atoms with Crippen LogP contribution in [0.2, 0.25) is 0 Å². The highest BCUT2D eigenvalue weighted by atomic mass is 35.5. The first-order valence-corrected chi connectivity index (χ1v) is 11.0. The number of carbonyl (C=O) groups excluding carboxylic acids is 1. The molecule has 182 valence electrons. The number of benzene rings is 1. The molecule has 0 spiro atoms. The Kier molecular flexibility index (Phi) is 8.23. The van der Waals surface area contributed by atoms with Crippen molar-refractivity contribution >= 4 is 54.0 Å². The van der Waals surface area contributed by atoms with Crippen LogP contribution in [0.15, 0.2) is 24.3 Å². The van der Waals surface area contributed by atoms with Crippen molar-refractivity contribution in [1.82, 2.24) is 25.4 Å². The number of hydrogen-bond acceptors (Lipinski definition) is 3. The molecule has 1 aliphatic heterocycles. The molecular formula is C24H34Cl3N5O. The van der Waals surface area contributed by atoms with Crippen LogP contribution in [0.1, 0.15) is 55.7 Å². The van der Waals surface area contributed by atoms with Gasteiger partial charge in [-0.15, -0.1) is 37.2 Å². The molecular weight excluding hydrogens is 481 g/mol. The Morgan fingerprint density at radius 3 is 2.58 bits per heavy atom. The Labute approximate surface area is 213 Å². The van der Waals surface area contributed by atoms with E-state index in [1.807, 2.05) is 23.1 Å². The first-order chi connectivity index (χ1) is 14.2. The van der Waals surface area contributed by atoms with Gasteiger partial charge in [0.2, 0.25) is 0 Å². The minimum absolute atomic E-state index is 0. The molecule has 5 rings (SSSR count). The van der Waals surface area contributed by atoms with E-state index >= 15 is 0 Å². The Balaban J connectivity index is 0.00000128. The van der Waals surface area contributed by atoms with Crippen molar-refractivity contribution in [1.29, 1.82) is 0 Å². The van der Waals surface area contributed by atoms with E-state index in [0.29, 0.717) is 5.41 Å². The van der Waals surface area contributed by atoms with Crippen LogP contribution in [0, 0.1) is 5.41 Å². The van der Waals surface area contributed by atoms with E-state index in [4.69, 9.17) is 0 Å². The first-order valence-electron chi connectivity index (χ1n) is 11.0. The van der Waals surface area contributed by atoms with Gasteiger partial charge in [-0.3, -0.25) is 9.89 Å². The smallest absolute Gasteiger partial charge is 0.254 e. The van der Waals surface area contributed by atoms with E-state index in [9.17, 15) is 4.79 Å². The molecule has 3 aromatic rings. The SMILES string of the molecule is CC1(C)CCc2c(-c3cc4ccc(C(=O)N5CCNCC5(C)C)cc4[nH]3)n[nH]c2C1.Cl.Cl.Cl. The van der Waals surface area contributed by atoms with Crippen molar-refractivity contribution in [3.05, 3.63) is 41.1 Å². The Morgan fingerprint density at radius 2 is 1.85 bits per heavy atom. The molecule has 3 N–H and O–H groups in total. The Bertz CT molecular complexity index is 1130. The molecule has 6 nitrogen and oxygen atoms in total. The van der Waals surface area contributed by atoms with Gasteiger partial charge >= 0.3 is 0 Å². The van der Waals surface area contributed by atoms with Crippen LogP contribution < -0.4 is 5.32 Å². The Morgan fingerprint density at radius 1 is 1.09 bits per heavy atom. The lowest BCUT2D eigenvalue weighted by atomic mass is 9.76. The summed E-state index contributed by atoms with van der Waals surface area (Å²) >= 11 is 0. The highest BCUT2D eigenvalue weighted by molar-refractivity contribution is 5.99. The zero-order valence-electron chi connectivity index (χ0n) is 19.6. The predicted octanol–water partition coefficient (Wildman–Crippen LogP) is 5.16. The average Bonchev–Trinajstić information content (AvgIpc) is 3.28. The topological polar surface area (TPSA) is 76.8 Å². The van der Waals surface area contributed by atoms with E-state index < -0.39 is 0 Å². The minimum Gasteiger partial charge on any atom is -0.353 e. The molecule has 3 heterocycles. The summed E-state index contributed by atoms with van der Waals surface area (Å²) in [6, 6.07) is 8.12. The molecule has 0 radical (unpaired) electrons. The molecule has 2 aromatic heterocycles. The van der Waals surface area contributed by atoms with Gasteiger partial charge in [0, 0.05) is 47.4 Å². The number of aromatic nitrogens is 3. The lowest BCUT2D eigenvalue weighted by molar-refractivity contribution is 0.0477. The van der Waals surface area contributed by atoms with Crippen LogP contribution in [0.3, 0.4) is 0 Å². The summed E-state index contributed by atoms with van der Waals surface area (Å²) in [6.07, 6.45) is 3.26. The van der Waals surface area contributed by atoms with Crippen molar-refractivity contribution in [3.8, 4) is 11.4 Å². The van der Waals surface area contributed by atoms with Crippen LogP contribution in [0.5, 0.6) is 0 Å². The van der Waals surface area contributed by atoms with Crippen molar-refractivity contribution in [3.63, 3.8) is 0 Å². The molecule has 0 saturated carbocycles. The van der Waals surface area contributed by atoms with Crippen molar-refractivity contribution in [2.75, 3.05) is 19.6 Å². The molecule has 1 aromatic carbocycles. The van der Waals surface area contributed by atoms with Gasteiger partial charge in [0.1, 0.15) is 5.69 Å². The summed E-state index contributed by atoms with van der Waals surface area (Å²) in [5, 5.41) is 12.4. The van der Waals surface area contributed by atoms with Crippen LogP contribution in [0.4, 0.5) is 0 Å². The van der Waals surface area contributed by atoms with Gasteiger partial charge in [0.05, 0.1) is 11.2 Å². The highest BCUT2D eigenvalue weighted by Gasteiger charge is 2.34. The number of halogens is 3. The summed E-state index contributed by atoms with van der Waals surface area (Å²) in [5.41, 5.74) is 6.49. The fraction of sp³-hybridized carbons (Fsp3) is 0.500. The molecule has 33 heavy (non-hydrogen) atoms. The van der Waals surface area contributed by atoms with E-state index in [-0.39, 0.29) is 48.7 Å². The van der Waals surface area contributed by atoms with Gasteiger partial charge in [-0.25, -0.2) is 0 Å². The van der Waals surface area contributed by atoms with Crippen LogP contribution in [-0.4, -0.2) is 51.2 Å². The van der Waals surface area contributed by atoms with E-state index in [1.54, 1.807) is 0 Å². The van der Waals surface area contributed by atoms with Crippen LogP contribution in [-0.2, 0) is 12.8 Å². The van der Waals surface area contributed by atoms with Gasteiger partial charge in [0.25, 0.3) is 5.91 Å². The third-order valence-corrected chi connectivity index (χ3v) is 6.83. The zero-order valence-corrected chi connectivity index (χ0v) is 22.0. The predicted molar refractivity (Wildman–Crippen MR) is 141 cm³/mol. The van der Waals surface area contributed by atoms with Gasteiger partial charge in [-0.2, -0.15) is 5.10 Å². The molecule has 1 aliphatic carbocycles. The summed E-state index contributed by atoms with van der Waals surface area (Å²) in [4.78, 5) is 18.7. The fourth-order valence-corrected chi connectivity index (χ4v) is 4.97.